The fraction of sp³-hybridized carbons (Fsp3) is 0.179. The lowest BCUT2D eigenvalue weighted by molar-refractivity contribution is -0.119. The summed E-state index contributed by atoms with van der Waals surface area (Å²) in [5.74, 6) is 0.132. The zero-order valence-electron chi connectivity index (χ0n) is 20.2. The first-order valence-corrected chi connectivity index (χ1v) is 13.3. The van der Waals surface area contributed by atoms with Gasteiger partial charge in [0.1, 0.15) is 11.2 Å². The monoisotopic (exact) mass is 523 g/mol. The molecule has 6 aromatic heterocycles. The van der Waals surface area contributed by atoms with Crippen molar-refractivity contribution < 1.29 is 9.18 Å². The van der Waals surface area contributed by atoms with E-state index in [9.17, 15) is 9.18 Å². The zero-order valence-corrected chi connectivity index (χ0v) is 21.0. The van der Waals surface area contributed by atoms with E-state index in [4.69, 9.17) is 4.98 Å². The average molecular weight is 524 g/mol. The van der Waals surface area contributed by atoms with Gasteiger partial charge in [-0.15, -0.1) is 11.3 Å². The van der Waals surface area contributed by atoms with Gasteiger partial charge in [-0.1, -0.05) is 12.8 Å². The number of amides is 1. The molecule has 3 N–H and O–H groups in total. The number of nitrogens with zero attached hydrogens (tertiary/aromatic N) is 4. The van der Waals surface area contributed by atoms with E-state index < -0.39 is 0 Å². The molecule has 188 valence electrons. The maximum absolute atomic E-state index is 13.7. The molecule has 1 aliphatic carbocycles. The Morgan fingerprint density at radius 1 is 1.00 bits per heavy atom. The van der Waals surface area contributed by atoms with Crippen LogP contribution in [-0.2, 0) is 4.79 Å². The zero-order chi connectivity index (χ0) is 25.6. The van der Waals surface area contributed by atoms with Crippen LogP contribution in [0.2, 0.25) is 0 Å². The predicted octanol–water partition coefficient (Wildman–Crippen LogP) is 6.56. The van der Waals surface area contributed by atoms with E-state index in [0.29, 0.717) is 16.9 Å². The van der Waals surface area contributed by atoms with Gasteiger partial charge in [-0.2, -0.15) is 9.49 Å². The Morgan fingerprint density at radius 2 is 1.87 bits per heavy atom. The molecular formula is C28H22FN7OS. The lowest BCUT2D eigenvalue weighted by Gasteiger charge is -2.11. The normalized spacial score (nSPS) is 14.0. The predicted molar refractivity (Wildman–Crippen MR) is 146 cm³/mol. The number of pyridine rings is 3. The molecule has 8 nitrogen and oxygen atoms in total. The van der Waals surface area contributed by atoms with E-state index in [1.54, 1.807) is 30.9 Å². The molecule has 1 saturated carbocycles. The highest BCUT2D eigenvalue weighted by Crippen LogP contribution is 2.36. The van der Waals surface area contributed by atoms with Crippen molar-refractivity contribution >= 4 is 44.9 Å². The highest BCUT2D eigenvalue weighted by molar-refractivity contribution is 7.14. The number of fused-ring (bicyclic) bond motifs is 2. The molecule has 0 aliphatic heterocycles. The molecule has 0 unspecified atom stereocenters. The topological polar surface area (TPSA) is 112 Å². The Morgan fingerprint density at radius 3 is 2.71 bits per heavy atom. The van der Waals surface area contributed by atoms with E-state index in [-0.39, 0.29) is 17.0 Å². The van der Waals surface area contributed by atoms with Crippen LogP contribution in [0.25, 0.3) is 55.0 Å². The Labute approximate surface area is 220 Å². The van der Waals surface area contributed by atoms with Crippen molar-refractivity contribution in [3.8, 4) is 33.1 Å². The fourth-order valence-electron chi connectivity index (χ4n) is 5.16. The number of rotatable bonds is 5. The van der Waals surface area contributed by atoms with Gasteiger partial charge < -0.3 is 10.3 Å². The molecule has 10 heteroatoms. The summed E-state index contributed by atoms with van der Waals surface area (Å²) < 4.78 is 13.7. The number of halogens is 1. The maximum atomic E-state index is 13.7. The number of carbonyl (C=O) groups excluding carboxylic acids is 1. The van der Waals surface area contributed by atoms with E-state index in [2.05, 4.69) is 30.5 Å². The van der Waals surface area contributed by atoms with Crippen LogP contribution in [-0.4, -0.2) is 36.0 Å². The number of nitrogens with one attached hydrogen (secondary N) is 3. The van der Waals surface area contributed by atoms with Crippen molar-refractivity contribution in [2.45, 2.75) is 25.7 Å². The first kappa shape index (κ1) is 22.7. The van der Waals surface area contributed by atoms with Gasteiger partial charge in [-0.25, -0.2) is 4.98 Å². The van der Waals surface area contributed by atoms with Crippen LogP contribution >= 0.6 is 11.3 Å². The van der Waals surface area contributed by atoms with Crippen LogP contribution in [0.15, 0.2) is 61.2 Å². The molecule has 1 fully saturated rings. The van der Waals surface area contributed by atoms with Crippen molar-refractivity contribution in [2.75, 3.05) is 5.32 Å². The Balaban J connectivity index is 1.24. The summed E-state index contributed by atoms with van der Waals surface area (Å²) in [5.41, 5.74) is 6.80. The van der Waals surface area contributed by atoms with E-state index >= 15 is 0 Å². The fourth-order valence-corrected chi connectivity index (χ4v) is 5.92. The molecule has 7 rings (SSSR count). The molecule has 0 saturated heterocycles. The van der Waals surface area contributed by atoms with Crippen molar-refractivity contribution in [3.63, 3.8) is 0 Å². The van der Waals surface area contributed by atoms with Crippen LogP contribution in [0, 0.1) is 11.0 Å². The number of H-pyrrole nitrogens is 2. The van der Waals surface area contributed by atoms with Crippen molar-refractivity contribution in [1.82, 2.24) is 30.1 Å². The maximum Gasteiger partial charge on any atom is 0.227 e. The van der Waals surface area contributed by atoms with Crippen LogP contribution in [0.1, 0.15) is 25.7 Å². The lowest BCUT2D eigenvalue weighted by atomic mass is 10.1. The molecule has 0 atom stereocenters. The van der Waals surface area contributed by atoms with E-state index in [1.165, 1.54) is 6.07 Å². The van der Waals surface area contributed by atoms with Gasteiger partial charge in [0.15, 0.2) is 5.13 Å². The summed E-state index contributed by atoms with van der Waals surface area (Å²) in [5, 5.41) is 11.3. The number of hydrogen-bond acceptors (Lipinski definition) is 6. The van der Waals surface area contributed by atoms with E-state index in [1.807, 2.05) is 24.3 Å². The number of thiophene rings is 1. The van der Waals surface area contributed by atoms with Crippen molar-refractivity contribution in [3.05, 3.63) is 66.3 Å². The standard InChI is InChI=1S/C28H22FN7OS/c29-25-8-7-24(38-25)19-13-31-14-23-18(19)10-22(33-23)27-26-21(35-36-27)6-5-20(34-26)16-9-17(12-30-11-16)32-28(37)15-3-1-2-4-15/h5-15,33H,1-4H2,(H,32,37)(H,35,36). The summed E-state index contributed by atoms with van der Waals surface area (Å²) in [6.45, 7) is 0. The SMILES string of the molecule is O=C(Nc1cncc(-c2ccc3[nH]nc(-c4cc5c(-c6ccc(F)s6)cncc5[nH]4)c3n2)c1)C1CCCC1. The average Bonchev–Trinajstić information content (AvgIpc) is 3.74. The van der Waals surface area contributed by atoms with Crippen molar-refractivity contribution in [2.24, 2.45) is 5.92 Å². The third-order valence-corrected chi connectivity index (χ3v) is 7.98. The third kappa shape index (κ3) is 4.03. The number of hydrogen-bond donors (Lipinski definition) is 3. The molecule has 0 radical (unpaired) electrons. The highest BCUT2D eigenvalue weighted by atomic mass is 32.1. The molecule has 0 bridgehead atoms. The second-order valence-corrected chi connectivity index (χ2v) is 10.6. The van der Waals surface area contributed by atoms with Crippen LogP contribution in [0.5, 0.6) is 0 Å². The minimum Gasteiger partial charge on any atom is -0.352 e. The first-order chi connectivity index (χ1) is 18.6. The summed E-state index contributed by atoms with van der Waals surface area (Å²) in [7, 11) is 0. The first-order valence-electron chi connectivity index (χ1n) is 12.5. The summed E-state index contributed by atoms with van der Waals surface area (Å²) in [6.07, 6.45) is 11.0. The van der Waals surface area contributed by atoms with Crippen LogP contribution in [0.3, 0.4) is 0 Å². The number of anilines is 1. The summed E-state index contributed by atoms with van der Waals surface area (Å²) >= 11 is 1.09. The molecule has 1 amide bonds. The van der Waals surface area contributed by atoms with Gasteiger partial charge >= 0.3 is 0 Å². The highest BCUT2D eigenvalue weighted by Gasteiger charge is 2.23. The minimum atomic E-state index is -0.237. The molecule has 38 heavy (non-hydrogen) atoms. The molecule has 6 heterocycles. The van der Waals surface area contributed by atoms with Gasteiger partial charge in [-0.3, -0.25) is 19.9 Å². The largest absolute Gasteiger partial charge is 0.352 e. The van der Waals surface area contributed by atoms with Crippen LogP contribution < -0.4 is 5.32 Å². The third-order valence-electron chi connectivity index (χ3n) is 7.07. The summed E-state index contributed by atoms with van der Waals surface area (Å²) in [4.78, 5) is 30.4. The Bertz CT molecular complexity index is 1810. The lowest BCUT2D eigenvalue weighted by Crippen LogP contribution is -2.20. The smallest absolute Gasteiger partial charge is 0.227 e. The number of carbonyl (C=O) groups is 1. The molecular weight excluding hydrogens is 501 g/mol. The Kier molecular flexibility index (Phi) is 5.47. The van der Waals surface area contributed by atoms with Gasteiger partial charge in [0.05, 0.1) is 40.5 Å². The summed E-state index contributed by atoms with van der Waals surface area (Å²) in [6, 6.07) is 11.0. The molecule has 1 aliphatic rings. The second kappa shape index (κ2) is 9.14. The molecule has 0 spiro atoms. The second-order valence-electron chi connectivity index (χ2n) is 9.53. The van der Waals surface area contributed by atoms with Gasteiger partial charge in [-0.05, 0) is 49.2 Å². The number of aromatic nitrogens is 6. The van der Waals surface area contributed by atoms with Gasteiger partial charge in [0.2, 0.25) is 5.91 Å². The minimum absolute atomic E-state index is 0.0555. The van der Waals surface area contributed by atoms with Gasteiger partial charge in [0.25, 0.3) is 0 Å². The van der Waals surface area contributed by atoms with Gasteiger partial charge in [0, 0.05) is 39.7 Å². The van der Waals surface area contributed by atoms with Crippen molar-refractivity contribution in [1.29, 1.82) is 0 Å². The van der Waals surface area contributed by atoms with E-state index in [0.717, 1.165) is 80.8 Å². The quantitative estimate of drug-likeness (QED) is 0.237. The molecule has 6 aromatic rings. The molecule has 0 aromatic carbocycles. The number of aromatic amines is 2. The van der Waals surface area contributed by atoms with Crippen LogP contribution in [0.4, 0.5) is 10.1 Å². The Hall–Kier alpha value is -4.44.